The normalized spacial score (nSPS) is 23.8. The molecule has 0 N–H and O–H groups in total. The first-order valence-corrected chi connectivity index (χ1v) is 10.9. The van der Waals surface area contributed by atoms with Crippen LogP contribution < -0.4 is 9.47 Å². The maximum Gasteiger partial charge on any atom is 0.309 e. The van der Waals surface area contributed by atoms with Crippen LogP contribution in [-0.4, -0.2) is 69.1 Å². The summed E-state index contributed by atoms with van der Waals surface area (Å²) in [5.74, 6) is -1.75. The van der Waals surface area contributed by atoms with Crippen molar-refractivity contribution in [3.8, 4) is 11.5 Å². The average molecular weight is 468 g/mol. The molecule has 1 saturated heterocycles. The average Bonchev–Trinajstić information content (AvgIpc) is 2.79. The molecule has 0 aliphatic carbocycles. The Kier molecular flexibility index (Phi) is 10.5. The Balaban J connectivity index is 2.19. The van der Waals surface area contributed by atoms with Gasteiger partial charge >= 0.3 is 11.9 Å². The number of nitrogens with zero attached hydrogens (tertiary/aromatic N) is 1. The molecule has 1 aromatic heterocycles. The second kappa shape index (κ2) is 13.1. The maximum absolute atomic E-state index is 13.1. The van der Waals surface area contributed by atoms with E-state index in [1.165, 1.54) is 26.3 Å². The van der Waals surface area contributed by atoms with Gasteiger partial charge in [0.1, 0.15) is 12.2 Å². The summed E-state index contributed by atoms with van der Waals surface area (Å²) in [7, 11) is 4.59. The molecule has 2 heterocycles. The Morgan fingerprint density at radius 1 is 1.15 bits per heavy atom. The molecule has 33 heavy (non-hydrogen) atoms. The lowest BCUT2D eigenvalue weighted by atomic mass is 9.92. The summed E-state index contributed by atoms with van der Waals surface area (Å²) in [5.41, 5.74) is -0.00587. The van der Waals surface area contributed by atoms with E-state index in [-0.39, 0.29) is 29.7 Å². The van der Waals surface area contributed by atoms with E-state index in [1.54, 1.807) is 21.1 Å². The van der Waals surface area contributed by atoms with E-state index < -0.39 is 42.6 Å². The summed E-state index contributed by atoms with van der Waals surface area (Å²) >= 11 is 0. The number of carbonyl (C=O) groups is 3. The third-order valence-electron chi connectivity index (χ3n) is 5.58. The van der Waals surface area contributed by atoms with E-state index in [4.69, 9.17) is 28.4 Å². The van der Waals surface area contributed by atoms with Crippen molar-refractivity contribution in [2.75, 3.05) is 28.1 Å². The zero-order chi connectivity index (χ0) is 24.4. The summed E-state index contributed by atoms with van der Waals surface area (Å²) in [6.07, 6.45) is 2.94. The number of pyridine rings is 1. The van der Waals surface area contributed by atoms with E-state index in [2.05, 4.69) is 4.98 Å². The van der Waals surface area contributed by atoms with Crippen molar-refractivity contribution in [2.24, 2.45) is 5.92 Å². The molecule has 10 heteroatoms. The lowest BCUT2D eigenvalue weighted by molar-refractivity contribution is -0.168. The molecule has 184 valence electrons. The van der Waals surface area contributed by atoms with Gasteiger partial charge in [-0.1, -0.05) is 12.8 Å². The van der Waals surface area contributed by atoms with Gasteiger partial charge in [-0.05, 0) is 19.8 Å². The van der Waals surface area contributed by atoms with E-state index in [9.17, 15) is 14.4 Å². The van der Waals surface area contributed by atoms with Gasteiger partial charge in [0.25, 0.3) is 0 Å². The molecule has 0 bridgehead atoms. The minimum Gasteiger partial charge on any atom is -0.493 e. The molecule has 4 atom stereocenters. The third kappa shape index (κ3) is 7.40. The molecule has 0 radical (unpaired) electrons. The minimum absolute atomic E-state index is 0.00587. The fourth-order valence-corrected chi connectivity index (χ4v) is 3.87. The van der Waals surface area contributed by atoms with Gasteiger partial charge in [0.2, 0.25) is 6.79 Å². The lowest BCUT2D eigenvalue weighted by Gasteiger charge is -2.31. The van der Waals surface area contributed by atoms with Gasteiger partial charge in [0.15, 0.2) is 23.0 Å². The topological polar surface area (TPSA) is 119 Å². The third-order valence-corrected chi connectivity index (χ3v) is 5.58. The van der Waals surface area contributed by atoms with Crippen LogP contribution in [-0.2, 0) is 28.5 Å². The van der Waals surface area contributed by atoms with Crippen LogP contribution in [0.5, 0.6) is 11.5 Å². The highest BCUT2D eigenvalue weighted by molar-refractivity contribution is 5.99. The summed E-state index contributed by atoms with van der Waals surface area (Å²) in [6.45, 7) is 2.59. The van der Waals surface area contributed by atoms with Crippen molar-refractivity contribution in [2.45, 2.75) is 64.3 Å². The lowest BCUT2D eigenvalue weighted by Crippen LogP contribution is -2.42. The number of carbonyl (C=O) groups excluding carboxylic acids is 3. The van der Waals surface area contributed by atoms with Crippen molar-refractivity contribution >= 4 is 17.7 Å². The molecule has 0 saturated carbocycles. The molecule has 0 unspecified atom stereocenters. The SMILES string of the molecule is COc1ccnc(C(=O)C[C@H]2CCCC[C@H](OC)[C@@H](OC)[C@H](C)OC2=O)c1OCOC(C)=O. The van der Waals surface area contributed by atoms with Crippen molar-refractivity contribution in [1.29, 1.82) is 0 Å². The van der Waals surface area contributed by atoms with Crippen molar-refractivity contribution in [3.05, 3.63) is 18.0 Å². The largest absolute Gasteiger partial charge is 0.493 e. The first-order valence-electron chi connectivity index (χ1n) is 10.9. The van der Waals surface area contributed by atoms with Crippen LogP contribution in [0.25, 0.3) is 0 Å². The van der Waals surface area contributed by atoms with Crippen LogP contribution in [0.2, 0.25) is 0 Å². The summed E-state index contributed by atoms with van der Waals surface area (Å²) in [4.78, 5) is 41.2. The van der Waals surface area contributed by atoms with Gasteiger partial charge in [-0.3, -0.25) is 14.4 Å². The fourth-order valence-electron chi connectivity index (χ4n) is 3.87. The van der Waals surface area contributed by atoms with E-state index in [0.717, 1.165) is 19.3 Å². The summed E-state index contributed by atoms with van der Waals surface area (Å²) in [6, 6.07) is 1.52. The van der Waals surface area contributed by atoms with Gasteiger partial charge < -0.3 is 28.4 Å². The fraction of sp³-hybridized carbons (Fsp3) is 0.652. The summed E-state index contributed by atoms with van der Waals surface area (Å²) in [5, 5.41) is 0. The molecular formula is C23H33NO9. The molecule has 1 aliphatic rings. The summed E-state index contributed by atoms with van der Waals surface area (Å²) < 4.78 is 32.2. The van der Waals surface area contributed by atoms with Gasteiger partial charge in [0, 0.05) is 39.8 Å². The van der Waals surface area contributed by atoms with Crippen molar-refractivity contribution in [3.63, 3.8) is 0 Å². The number of cyclic esters (lactones) is 1. The zero-order valence-corrected chi connectivity index (χ0v) is 19.8. The Morgan fingerprint density at radius 2 is 1.88 bits per heavy atom. The van der Waals surface area contributed by atoms with Gasteiger partial charge in [-0.2, -0.15) is 0 Å². The predicted octanol–water partition coefficient (Wildman–Crippen LogP) is 2.71. The Morgan fingerprint density at radius 3 is 2.52 bits per heavy atom. The van der Waals surface area contributed by atoms with Gasteiger partial charge in [-0.25, -0.2) is 4.98 Å². The number of methoxy groups -OCH3 is 3. The predicted molar refractivity (Wildman–Crippen MR) is 116 cm³/mol. The number of rotatable bonds is 9. The Hall–Kier alpha value is -2.72. The molecule has 2 rings (SSSR count). The number of hydrogen-bond acceptors (Lipinski definition) is 10. The standard InChI is InChI=1S/C23H33NO9/c1-14-21(30-5)18(28-3)9-7-6-8-16(23(27)33-14)12-17(26)20-22(32-13-31-15(2)25)19(29-4)10-11-24-20/h10-11,14,16,18,21H,6-9,12-13H2,1-5H3/t14-,16+,18-,21-/m0/s1. The first-order chi connectivity index (χ1) is 15.8. The van der Waals surface area contributed by atoms with Crippen LogP contribution in [0, 0.1) is 5.92 Å². The van der Waals surface area contributed by atoms with E-state index in [1.807, 2.05) is 0 Å². The molecule has 1 fully saturated rings. The molecule has 0 aromatic carbocycles. The van der Waals surface area contributed by atoms with Gasteiger partial charge in [-0.15, -0.1) is 0 Å². The van der Waals surface area contributed by atoms with Crippen LogP contribution in [0.3, 0.4) is 0 Å². The monoisotopic (exact) mass is 467 g/mol. The van der Waals surface area contributed by atoms with E-state index >= 15 is 0 Å². The van der Waals surface area contributed by atoms with Crippen LogP contribution >= 0.6 is 0 Å². The molecule has 1 aliphatic heterocycles. The number of ketones is 1. The molecule has 1 aromatic rings. The highest BCUT2D eigenvalue weighted by Gasteiger charge is 2.34. The number of hydrogen-bond donors (Lipinski definition) is 0. The molecule has 0 amide bonds. The number of aromatic nitrogens is 1. The quantitative estimate of drug-likeness (QED) is 0.304. The second-order valence-electron chi connectivity index (χ2n) is 7.81. The first kappa shape index (κ1) is 26.5. The number of esters is 2. The minimum atomic E-state index is -0.647. The Bertz CT molecular complexity index is 813. The number of ether oxygens (including phenoxy) is 6. The molecular weight excluding hydrogens is 434 g/mol. The highest BCUT2D eigenvalue weighted by atomic mass is 16.7. The Labute approximate surface area is 193 Å². The second-order valence-corrected chi connectivity index (χ2v) is 7.81. The van der Waals surface area contributed by atoms with E-state index in [0.29, 0.717) is 6.42 Å². The number of Topliss-reactive ketones (excluding diaryl/α,β-unsaturated/α-hetero) is 1. The zero-order valence-electron chi connectivity index (χ0n) is 19.8. The molecule has 10 nitrogen and oxygen atoms in total. The highest BCUT2D eigenvalue weighted by Crippen LogP contribution is 2.32. The van der Waals surface area contributed by atoms with Crippen LogP contribution in [0.4, 0.5) is 0 Å². The van der Waals surface area contributed by atoms with Gasteiger partial charge in [0.05, 0.1) is 19.1 Å². The van der Waals surface area contributed by atoms with Crippen molar-refractivity contribution < 1.29 is 42.8 Å². The smallest absolute Gasteiger partial charge is 0.309 e. The van der Waals surface area contributed by atoms with Crippen molar-refractivity contribution in [1.82, 2.24) is 4.98 Å². The van der Waals surface area contributed by atoms with Crippen LogP contribution in [0.15, 0.2) is 12.3 Å². The maximum atomic E-state index is 13.1. The van der Waals surface area contributed by atoms with Crippen LogP contribution in [0.1, 0.15) is 56.4 Å². The molecule has 0 spiro atoms.